The van der Waals surface area contributed by atoms with Crippen LogP contribution in [0.5, 0.6) is 0 Å². The van der Waals surface area contributed by atoms with E-state index in [9.17, 15) is 0 Å². The van der Waals surface area contributed by atoms with Crippen LogP contribution in [0.15, 0.2) is 61.1 Å². The second-order valence-electron chi connectivity index (χ2n) is 5.81. The van der Waals surface area contributed by atoms with E-state index in [4.69, 9.17) is 9.47 Å². The largest absolute Gasteiger partial charge is 0.376 e. The normalized spacial score (nSPS) is 17.8. The van der Waals surface area contributed by atoms with Gasteiger partial charge in [-0.05, 0) is 35.4 Å². The Morgan fingerprint density at radius 1 is 1.00 bits per heavy atom. The van der Waals surface area contributed by atoms with E-state index >= 15 is 0 Å². The summed E-state index contributed by atoms with van der Waals surface area (Å²) in [4.78, 5) is 4.07. The number of rotatable bonds is 4. The highest BCUT2D eigenvalue weighted by atomic mass is 16.6. The molecule has 1 aromatic carbocycles. The molecule has 1 fully saturated rings. The molecule has 5 nitrogen and oxygen atoms in total. The molecule has 5 heteroatoms. The third-order valence-electron chi connectivity index (χ3n) is 4.09. The van der Waals surface area contributed by atoms with Crippen LogP contribution < -0.4 is 0 Å². The van der Waals surface area contributed by atoms with Gasteiger partial charge in [0.05, 0.1) is 32.1 Å². The van der Waals surface area contributed by atoms with E-state index in [-0.39, 0.29) is 6.10 Å². The molecular weight excluding hydrogens is 302 g/mol. The Bertz CT molecular complexity index is 795. The zero-order chi connectivity index (χ0) is 16.2. The monoisotopic (exact) mass is 321 g/mol. The van der Waals surface area contributed by atoms with E-state index in [0.29, 0.717) is 26.4 Å². The lowest BCUT2D eigenvalue weighted by atomic mass is 10.0. The first-order valence-corrected chi connectivity index (χ1v) is 8.12. The van der Waals surface area contributed by atoms with Crippen molar-refractivity contribution in [2.75, 3.05) is 19.8 Å². The molecule has 24 heavy (non-hydrogen) atoms. The van der Waals surface area contributed by atoms with Crippen LogP contribution in [-0.4, -0.2) is 40.7 Å². The van der Waals surface area contributed by atoms with Gasteiger partial charge in [-0.1, -0.05) is 18.2 Å². The maximum atomic E-state index is 5.68. The van der Waals surface area contributed by atoms with E-state index in [1.165, 1.54) is 0 Å². The third-order valence-corrected chi connectivity index (χ3v) is 4.09. The Morgan fingerprint density at radius 3 is 2.71 bits per heavy atom. The van der Waals surface area contributed by atoms with Gasteiger partial charge in [0.2, 0.25) is 0 Å². The topological polar surface area (TPSA) is 49.2 Å². The van der Waals surface area contributed by atoms with E-state index in [1.54, 1.807) is 0 Å². The minimum atomic E-state index is 0.0784. The van der Waals surface area contributed by atoms with E-state index in [2.05, 4.69) is 34.3 Å². The maximum absolute atomic E-state index is 5.68. The van der Waals surface area contributed by atoms with Gasteiger partial charge in [-0.25, -0.2) is 0 Å². The second kappa shape index (κ2) is 6.95. The fourth-order valence-electron chi connectivity index (χ4n) is 2.87. The number of aromatic nitrogens is 3. The Hall–Kier alpha value is -2.50. The van der Waals surface area contributed by atoms with Gasteiger partial charge in [-0.3, -0.25) is 9.67 Å². The minimum absolute atomic E-state index is 0.0784. The van der Waals surface area contributed by atoms with Crippen LogP contribution >= 0.6 is 0 Å². The van der Waals surface area contributed by atoms with Crippen LogP contribution in [0.2, 0.25) is 0 Å². The van der Waals surface area contributed by atoms with Gasteiger partial charge in [0, 0.05) is 24.2 Å². The highest BCUT2D eigenvalue weighted by molar-refractivity contribution is 5.70. The molecule has 122 valence electrons. The number of benzene rings is 1. The lowest BCUT2D eigenvalue weighted by molar-refractivity contribution is -0.0946. The van der Waals surface area contributed by atoms with Crippen LogP contribution in [-0.2, 0) is 16.0 Å². The van der Waals surface area contributed by atoms with Crippen LogP contribution in [0, 0.1) is 0 Å². The third kappa shape index (κ3) is 3.37. The zero-order valence-corrected chi connectivity index (χ0v) is 13.3. The number of ether oxygens (including phenoxy) is 2. The van der Waals surface area contributed by atoms with Crippen molar-refractivity contribution in [1.29, 1.82) is 0 Å². The van der Waals surface area contributed by atoms with E-state index in [0.717, 1.165) is 22.4 Å². The molecular formula is C19H19N3O2. The van der Waals surface area contributed by atoms with Crippen molar-refractivity contribution in [2.24, 2.45) is 0 Å². The average molecular weight is 321 g/mol. The summed E-state index contributed by atoms with van der Waals surface area (Å²) < 4.78 is 13.0. The minimum Gasteiger partial charge on any atom is -0.376 e. The number of hydrogen-bond acceptors (Lipinski definition) is 4. The Kier molecular flexibility index (Phi) is 4.36. The van der Waals surface area contributed by atoms with Gasteiger partial charge < -0.3 is 9.47 Å². The number of pyridine rings is 1. The average Bonchev–Trinajstić information content (AvgIpc) is 3.12. The summed E-state index contributed by atoms with van der Waals surface area (Å²) in [6, 6.07) is 14.5. The van der Waals surface area contributed by atoms with Crippen LogP contribution in [0.1, 0.15) is 0 Å². The summed E-state index contributed by atoms with van der Waals surface area (Å²) >= 11 is 0. The van der Waals surface area contributed by atoms with Crippen molar-refractivity contribution >= 4 is 0 Å². The standard InChI is InChI=1S/C19H19N3O2/c1-2-16(15-4-7-20-8-5-15)12-17(3-1)19-6-9-22(21-19)13-18-14-23-10-11-24-18/h1-9,12,18H,10-11,13-14H2. The molecule has 0 spiro atoms. The molecule has 0 amide bonds. The van der Waals surface area contributed by atoms with Crippen molar-refractivity contribution in [2.45, 2.75) is 12.6 Å². The van der Waals surface area contributed by atoms with Gasteiger partial charge in [-0.2, -0.15) is 5.10 Å². The summed E-state index contributed by atoms with van der Waals surface area (Å²) in [6.45, 7) is 2.69. The lowest BCUT2D eigenvalue weighted by Gasteiger charge is -2.22. The van der Waals surface area contributed by atoms with Gasteiger partial charge in [0.15, 0.2) is 0 Å². The first-order chi connectivity index (χ1) is 11.9. The lowest BCUT2D eigenvalue weighted by Crippen LogP contribution is -2.32. The summed E-state index contributed by atoms with van der Waals surface area (Å²) in [6.07, 6.45) is 5.69. The van der Waals surface area contributed by atoms with E-state index in [1.807, 2.05) is 41.5 Å². The van der Waals surface area contributed by atoms with Crippen LogP contribution in [0.25, 0.3) is 22.4 Å². The molecule has 2 aromatic heterocycles. The smallest absolute Gasteiger partial charge is 0.100 e. The van der Waals surface area contributed by atoms with Gasteiger partial charge in [-0.15, -0.1) is 0 Å². The Balaban J connectivity index is 1.54. The fraction of sp³-hybridized carbons (Fsp3) is 0.263. The Labute approximate surface area is 140 Å². The number of hydrogen-bond donors (Lipinski definition) is 0. The zero-order valence-electron chi connectivity index (χ0n) is 13.3. The van der Waals surface area contributed by atoms with Gasteiger partial charge in [0.25, 0.3) is 0 Å². The quantitative estimate of drug-likeness (QED) is 0.741. The highest BCUT2D eigenvalue weighted by Crippen LogP contribution is 2.25. The van der Waals surface area contributed by atoms with Crippen LogP contribution in [0.4, 0.5) is 0 Å². The fourth-order valence-corrected chi connectivity index (χ4v) is 2.87. The maximum Gasteiger partial charge on any atom is 0.100 e. The summed E-state index contributed by atoms with van der Waals surface area (Å²) in [7, 11) is 0. The van der Waals surface area contributed by atoms with Crippen molar-refractivity contribution in [3.63, 3.8) is 0 Å². The Morgan fingerprint density at radius 2 is 1.88 bits per heavy atom. The molecule has 4 rings (SSSR count). The summed E-state index contributed by atoms with van der Waals surface area (Å²) in [5, 5.41) is 4.68. The predicted molar refractivity (Wildman–Crippen MR) is 91.5 cm³/mol. The molecule has 0 N–H and O–H groups in total. The van der Waals surface area contributed by atoms with Gasteiger partial charge >= 0.3 is 0 Å². The van der Waals surface area contributed by atoms with Crippen molar-refractivity contribution in [3.05, 3.63) is 61.1 Å². The molecule has 0 radical (unpaired) electrons. The molecule has 0 saturated carbocycles. The first kappa shape index (κ1) is 15.1. The highest BCUT2D eigenvalue weighted by Gasteiger charge is 2.15. The first-order valence-electron chi connectivity index (χ1n) is 8.12. The molecule has 0 aliphatic carbocycles. The predicted octanol–water partition coefficient (Wildman–Crippen LogP) is 3.03. The molecule has 0 bridgehead atoms. The van der Waals surface area contributed by atoms with Crippen molar-refractivity contribution in [3.8, 4) is 22.4 Å². The molecule has 1 atom stereocenters. The molecule has 1 saturated heterocycles. The van der Waals surface area contributed by atoms with E-state index < -0.39 is 0 Å². The number of nitrogens with zero attached hydrogens (tertiary/aromatic N) is 3. The SMILES string of the molecule is c1cc(-c2ccncc2)cc(-c2ccn(CC3COCCO3)n2)c1. The van der Waals surface area contributed by atoms with Crippen LogP contribution in [0.3, 0.4) is 0 Å². The van der Waals surface area contributed by atoms with Crippen molar-refractivity contribution < 1.29 is 9.47 Å². The molecule has 1 unspecified atom stereocenters. The summed E-state index contributed by atoms with van der Waals surface area (Å²) in [5.74, 6) is 0. The van der Waals surface area contributed by atoms with Crippen molar-refractivity contribution in [1.82, 2.24) is 14.8 Å². The molecule has 3 heterocycles. The summed E-state index contributed by atoms with van der Waals surface area (Å²) in [5.41, 5.74) is 4.37. The van der Waals surface area contributed by atoms with Gasteiger partial charge in [0.1, 0.15) is 6.10 Å². The molecule has 1 aliphatic heterocycles. The second-order valence-corrected chi connectivity index (χ2v) is 5.81. The molecule has 3 aromatic rings. The molecule has 1 aliphatic rings.